The molecule has 0 spiro atoms. The van der Waals surface area contributed by atoms with Crippen molar-refractivity contribution in [3.8, 4) is 0 Å². The molecule has 1 aliphatic heterocycles. The lowest BCUT2D eigenvalue weighted by Crippen LogP contribution is -2.25. The number of hydrogen-bond donors (Lipinski definition) is 1. The summed E-state index contributed by atoms with van der Waals surface area (Å²) < 4.78 is 0. The second-order valence-corrected chi connectivity index (χ2v) is 6.49. The van der Waals surface area contributed by atoms with Crippen LogP contribution >= 0.6 is 11.6 Å². The number of anilines is 1. The molecule has 2 heterocycles. The van der Waals surface area contributed by atoms with Crippen molar-refractivity contribution in [1.29, 1.82) is 0 Å². The lowest BCUT2D eigenvalue weighted by atomic mass is 9.89. The topological polar surface area (TPSA) is 28.2 Å². The molecule has 1 unspecified atom stereocenters. The molecule has 2 rings (SSSR count). The molecule has 1 aliphatic rings. The molecule has 0 radical (unpaired) electrons. The van der Waals surface area contributed by atoms with Crippen molar-refractivity contribution in [2.75, 3.05) is 25.0 Å². The fraction of sp³-hybridized carbons (Fsp3) is 0.688. The lowest BCUT2D eigenvalue weighted by Gasteiger charge is -2.23. The number of nitrogens with one attached hydrogen (secondary N) is 1. The number of hydrogen-bond acceptors (Lipinski definition) is 3. The van der Waals surface area contributed by atoms with E-state index in [0.717, 1.165) is 47.9 Å². The molecule has 0 aliphatic carbocycles. The second kappa shape index (κ2) is 7.28. The van der Waals surface area contributed by atoms with Crippen LogP contribution in [-0.4, -0.2) is 25.1 Å². The molecule has 0 aromatic carbocycles. The van der Waals surface area contributed by atoms with Gasteiger partial charge in [-0.15, -0.1) is 0 Å². The molecule has 1 aromatic heterocycles. The molecular formula is C16H26ClN3. The zero-order valence-electron chi connectivity index (χ0n) is 12.8. The summed E-state index contributed by atoms with van der Waals surface area (Å²) in [6, 6.07) is 2.13. The summed E-state index contributed by atoms with van der Waals surface area (Å²) in [5.41, 5.74) is 1.13. The molecule has 1 fully saturated rings. The highest BCUT2D eigenvalue weighted by Gasteiger charge is 2.20. The molecule has 1 N–H and O–H groups in total. The Labute approximate surface area is 127 Å². The summed E-state index contributed by atoms with van der Waals surface area (Å²) in [5, 5.41) is 3.91. The van der Waals surface area contributed by atoms with Crippen molar-refractivity contribution in [2.24, 2.45) is 11.8 Å². The van der Waals surface area contributed by atoms with Gasteiger partial charge in [-0.1, -0.05) is 25.4 Å². The largest absolute Gasteiger partial charge is 0.357 e. The van der Waals surface area contributed by atoms with Gasteiger partial charge in [-0.25, -0.2) is 4.98 Å². The highest BCUT2D eigenvalue weighted by molar-refractivity contribution is 6.31. The Morgan fingerprint density at radius 3 is 2.90 bits per heavy atom. The van der Waals surface area contributed by atoms with Crippen molar-refractivity contribution in [2.45, 2.75) is 39.7 Å². The van der Waals surface area contributed by atoms with Crippen LogP contribution in [0.15, 0.2) is 12.3 Å². The van der Waals surface area contributed by atoms with Gasteiger partial charge in [-0.2, -0.15) is 0 Å². The number of halogens is 1. The van der Waals surface area contributed by atoms with Gasteiger partial charge in [0.1, 0.15) is 5.82 Å². The van der Waals surface area contributed by atoms with E-state index >= 15 is 0 Å². The maximum Gasteiger partial charge on any atom is 0.128 e. The van der Waals surface area contributed by atoms with Crippen LogP contribution in [0, 0.1) is 11.8 Å². The van der Waals surface area contributed by atoms with E-state index in [1.807, 2.05) is 7.05 Å². The highest BCUT2D eigenvalue weighted by Crippen LogP contribution is 2.27. The Morgan fingerprint density at radius 1 is 1.40 bits per heavy atom. The quantitative estimate of drug-likeness (QED) is 0.918. The maximum atomic E-state index is 6.19. The zero-order chi connectivity index (χ0) is 14.5. The molecule has 0 amide bonds. The molecule has 112 valence electrons. The van der Waals surface area contributed by atoms with Crippen molar-refractivity contribution in [3.05, 3.63) is 22.8 Å². The van der Waals surface area contributed by atoms with Crippen molar-refractivity contribution in [3.63, 3.8) is 0 Å². The second-order valence-electron chi connectivity index (χ2n) is 6.09. The standard InChI is InChI=1S/C16H26ClN3/c1-12(2)13-5-4-7-20(8-6-13)16-9-14(10-18-3)15(17)11-19-16/h9,11-13,18H,4-8,10H2,1-3H3. The lowest BCUT2D eigenvalue weighted by molar-refractivity contribution is 0.351. The van der Waals surface area contributed by atoms with E-state index in [1.165, 1.54) is 19.3 Å². The number of pyridine rings is 1. The summed E-state index contributed by atoms with van der Waals surface area (Å²) in [4.78, 5) is 6.94. The Balaban J connectivity index is 2.09. The number of aromatic nitrogens is 1. The Kier molecular flexibility index (Phi) is 5.67. The molecule has 1 saturated heterocycles. The van der Waals surface area contributed by atoms with Crippen LogP contribution in [0.3, 0.4) is 0 Å². The van der Waals surface area contributed by atoms with Gasteiger partial charge in [-0.3, -0.25) is 0 Å². The first-order valence-electron chi connectivity index (χ1n) is 7.65. The zero-order valence-corrected chi connectivity index (χ0v) is 13.6. The van der Waals surface area contributed by atoms with Crippen molar-refractivity contribution >= 4 is 17.4 Å². The van der Waals surface area contributed by atoms with E-state index in [0.29, 0.717) is 0 Å². The van der Waals surface area contributed by atoms with Gasteiger partial charge in [-0.05, 0) is 49.8 Å². The fourth-order valence-corrected chi connectivity index (χ4v) is 3.15. The van der Waals surface area contributed by atoms with Crippen LogP contribution in [0.2, 0.25) is 5.02 Å². The molecular weight excluding hydrogens is 270 g/mol. The average Bonchev–Trinajstić information content (AvgIpc) is 2.67. The minimum absolute atomic E-state index is 0.748. The average molecular weight is 296 g/mol. The highest BCUT2D eigenvalue weighted by atomic mass is 35.5. The van der Waals surface area contributed by atoms with E-state index in [1.54, 1.807) is 6.20 Å². The maximum absolute atomic E-state index is 6.19. The van der Waals surface area contributed by atoms with Gasteiger partial charge in [0.15, 0.2) is 0 Å². The number of nitrogens with zero attached hydrogens (tertiary/aromatic N) is 2. The fourth-order valence-electron chi connectivity index (χ4n) is 2.98. The minimum atomic E-state index is 0.748. The molecule has 4 heteroatoms. The van der Waals surface area contributed by atoms with Gasteiger partial charge < -0.3 is 10.2 Å². The summed E-state index contributed by atoms with van der Waals surface area (Å²) in [6.07, 6.45) is 5.65. The molecule has 0 bridgehead atoms. The van der Waals surface area contributed by atoms with Crippen LogP contribution in [0.25, 0.3) is 0 Å². The van der Waals surface area contributed by atoms with Crippen LogP contribution in [0.4, 0.5) is 5.82 Å². The summed E-state index contributed by atoms with van der Waals surface area (Å²) in [5.74, 6) is 2.71. The Hall–Kier alpha value is -0.800. The molecule has 3 nitrogen and oxygen atoms in total. The van der Waals surface area contributed by atoms with Crippen molar-refractivity contribution < 1.29 is 0 Å². The smallest absolute Gasteiger partial charge is 0.128 e. The SMILES string of the molecule is CNCc1cc(N2CCCC(C(C)C)CC2)ncc1Cl. The van der Waals surface area contributed by atoms with E-state index in [-0.39, 0.29) is 0 Å². The first-order valence-corrected chi connectivity index (χ1v) is 8.03. The van der Waals surface area contributed by atoms with Gasteiger partial charge in [0.2, 0.25) is 0 Å². The molecule has 0 saturated carbocycles. The summed E-state index contributed by atoms with van der Waals surface area (Å²) >= 11 is 6.19. The minimum Gasteiger partial charge on any atom is -0.357 e. The third-order valence-electron chi connectivity index (χ3n) is 4.33. The van der Waals surface area contributed by atoms with Crippen LogP contribution in [-0.2, 0) is 6.54 Å². The van der Waals surface area contributed by atoms with Crippen LogP contribution in [0.5, 0.6) is 0 Å². The van der Waals surface area contributed by atoms with Gasteiger partial charge in [0.05, 0.1) is 5.02 Å². The van der Waals surface area contributed by atoms with Crippen LogP contribution < -0.4 is 10.2 Å². The van der Waals surface area contributed by atoms with Crippen LogP contribution in [0.1, 0.15) is 38.7 Å². The predicted octanol–water partition coefficient (Wildman–Crippen LogP) is 3.72. The molecule has 1 aromatic rings. The first-order chi connectivity index (χ1) is 9.61. The summed E-state index contributed by atoms with van der Waals surface area (Å²) in [7, 11) is 1.94. The van der Waals surface area contributed by atoms with E-state index in [4.69, 9.17) is 11.6 Å². The van der Waals surface area contributed by atoms with E-state index in [2.05, 4.69) is 35.1 Å². The molecule has 1 atom stereocenters. The first kappa shape index (κ1) is 15.6. The normalized spacial score (nSPS) is 20.2. The van der Waals surface area contributed by atoms with E-state index < -0.39 is 0 Å². The van der Waals surface area contributed by atoms with Gasteiger partial charge in [0, 0.05) is 25.8 Å². The van der Waals surface area contributed by atoms with Crippen molar-refractivity contribution in [1.82, 2.24) is 10.3 Å². The number of rotatable bonds is 4. The van der Waals surface area contributed by atoms with E-state index in [9.17, 15) is 0 Å². The third-order valence-corrected chi connectivity index (χ3v) is 4.67. The van der Waals surface area contributed by atoms with Gasteiger partial charge in [0.25, 0.3) is 0 Å². The monoisotopic (exact) mass is 295 g/mol. The third kappa shape index (κ3) is 3.86. The molecule has 20 heavy (non-hydrogen) atoms. The van der Waals surface area contributed by atoms with Gasteiger partial charge >= 0.3 is 0 Å². The predicted molar refractivity (Wildman–Crippen MR) is 86.4 cm³/mol. The Morgan fingerprint density at radius 2 is 2.20 bits per heavy atom. The summed E-state index contributed by atoms with van der Waals surface area (Å²) in [6.45, 7) is 7.68. The Bertz CT molecular complexity index is 434.